The summed E-state index contributed by atoms with van der Waals surface area (Å²) in [5, 5.41) is 23.7. The van der Waals surface area contributed by atoms with E-state index < -0.39 is 33.7 Å². The number of methoxy groups -OCH3 is 1. The summed E-state index contributed by atoms with van der Waals surface area (Å²) in [5.41, 5.74) is -0.532. The Kier molecular flexibility index (Phi) is 8.44. The quantitative estimate of drug-likeness (QED) is 0.139. The highest BCUT2D eigenvalue weighted by Gasteiger charge is 2.25. The molecular formula is C26H24F2N8O5S. The van der Waals surface area contributed by atoms with Crippen molar-refractivity contribution >= 4 is 46.5 Å². The molecule has 3 heterocycles. The summed E-state index contributed by atoms with van der Waals surface area (Å²) in [6.45, 7) is 3.97. The summed E-state index contributed by atoms with van der Waals surface area (Å²) >= 11 is 0.947. The van der Waals surface area contributed by atoms with Crippen LogP contribution in [0.4, 0.5) is 37.6 Å². The molecule has 0 saturated carbocycles. The number of rotatable bonds is 9. The van der Waals surface area contributed by atoms with Gasteiger partial charge in [-0.2, -0.15) is 9.49 Å². The molecule has 1 amide bonds. The molecule has 0 radical (unpaired) electrons. The van der Waals surface area contributed by atoms with Crippen LogP contribution in [-0.4, -0.2) is 64.4 Å². The van der Waals surface area contributed by atoms with Crippen molar-refractivity contribution in [3.8, 4) is 5.75 Å². The smallest absolute Gasteiger partial charge is 0.305 e. The molecule has 1 fully saturated rings. The summed E-state index contributed by atoms with van der Waals surface area (Å²) in [6, 6.07) is 8.89. The standard InChI is InChI=1S/C26H24F2N8O5S/c1-14-12-20(34-33-14)30-23-22(40-2)24(35-8-10-41-11-9-35)32-26(31-23)42-19-7-6-15(13-17(19)27)29-25(37)16-4-3-5-18(21(16)28)36(38)39/h3-7,12-13H,8-11H2,1-2H3,(H,29,37)(H2,30,31,32,33,34). The second-order valence-corrected chi connectivity index (χ2v) is 9.98. The van der Waals surface area contributed by atoms with Crippen LogP contribution in [0.3, 0.4) is 0 Å². The van der Waals surface area contributed by atoms with Crippen LogP contribution >= 0.6 is 11.8 Å². The van der Waals surface area contributed by atoms with E-state index in [0.717, 1.165) is 35.7 Å². The maximum absolute atomic E-state index is 15.2. The molecule has 42 heavy (non-hydrogen) atoms. The van der Waals surface area contributed by atoms with Crippen LogP contribution in [0.2, 0.25) is 0 Å². The molecule has 0 bridgehead atoms. The van der Waals surface area contributed by atoms with Gasteiger partial charge in [0.2, 0.25) is 11.6 Å². The number of hydrogen-bond donors (Lipinski definition) is 3. The van der Waals surface area contributed by atoms with E-state index in [0.29, 0.717) is 49.5 Å². The number of nitro benzene ring substituents is 1. The van der Waals surface area contributed by atoms with Crippen molar-refractivity contribution in [2.45, 2.75) is 17.0 Å². The number of morpholine rings is 1. The molecule has 3 N–H and O–H groups in total. The molecule has 1 saturated heterocycles. The summed E-state index contributed by atoms with van der Waals surface area (Å²) in [4.78, 5) is 34.0. The minimum absolute atomic E-state index is 0.0219. The van der Waals surface area contributed by atoms with E-state index in [-0.39, 0.29) is 15.7 Å². The second-order valence-electron chi connectivity index (χ2n) is 8.97. The monoisotopic (exact) mass is 598 g/mol. The largest absolute Gasteiger partial charge is 0.490 e. The van der Waals surface area contributed by atoms with Crippen LogP contribution in [0.15, 0.2) is 52.5 Å². The van der Waals surface area contributed by atoms with Crippen LogP contribution < -0.4 is 20.3 Å². The SMILES string of the molecule is COc1c(Nc2cc(C)[nH]n2)nc(Sc2ccc(NC(=O)c3cccc([N+](=O)[O-])c3F)cc2F)nc1N1CCOCC1. The lowest BCUT2D eigenvalue weighted by Gasteiger charge is -2.29. The lowest BCUT2D eigenvalue weighted by atomic mass is 10.1. The summed E-state index contributed by atoms with van der Waals surface area (Å²) in [7, 11) is 1.50. The molecule has 5 rings (SSSR count). The van der Waals surface area contributed by atoms with Crippen molar-refractivity contribution in [2.75, 3.05) is 48.9 Å². The number of carbonyl (C=O) groups is 1. The number of hydrogen-bond acceptors (Lipinski definition) is 11. The Morgan fingerprint density at radius 3 is 2.64 bits per heavy atom. The van der Waals surface area contributed by atoms with Gasteiger partial charge in [-0.15, -0.1) is 0 Å². The molecule has 4 aromatic rings. The number of benzene rings is 2. The molecule has 1 aliphatic rings. The van der Waals surface area contributed by atoms with Gasteiger partial charge >= 0.3 is 5.69 Å². The van der Waals surface area contributed by atoms with Crippen LogP contribution in [0.1, 0.15) is 16.1 Å². The lowest BCUT2D eigenvalue weighted by molar-refractivity contribution is -0.387. The fraction of sp³-hybridized carbons (Fsp3) is 0.231. The van der Waals surface area contributed by atoms with Crippen LogP contribution in [0.25, 0.3) is 0 Å². The highest BCUT2D eigenvalue weighted by atomic mass is 32.2. The Morgan fingerprint density at radius 2 is 1.98 bits per heavy atom. The molecule has 0 aliphatic carbocycles. The van der Waals surface area contributed by atoms with Crippen molar-refractivity contribution in [1.29, 1.82) is 0 Å². The number of carbonyl (C=O) groups excluding carboxylic acids is 1. The minimum Gasteiger partial charge on any atom is -0.490 e. The minimum atomic E-state index is -1.28. The molecule has 0 atom stereocenters. The first-order valence-electron chi connectivity index (χ1n) is 12.5. The lowest BCUT2D eigenvalue weighted by Crippen LogP contribution is -2.37. The van der Waals surface area contributed by atoms with Crippen LogP contribution in [0.5, 0.6) is 5.75 Å². The first-order valence-corrected chi connectivity index (χ1v) is 13.3. The zero-order valence-corrected chi connectivity index (χ0v) is 23.1. The number of H-pyrrole nitrogens is 1. The number of aromatic amines is 1. The van der Waals surface area contributed by atoms with Crippen molar-refractivity contribution in [3.05, 3.63) is 75.5 Å². The van der Waals surface area contributed by atoms with E-state index in [2.05, 4.69) is 30.8 Å². The van der Waals surface area contributed by atoms with E-state index in [1.807, 2.05) is 11.8 Å². The second kappa shape index (κ2) is 12.4. The van der Waals surface area contributed by atoms with Gasteiger partial charge in [0.05, 0.1) is 35.7 Å². The number of aryl methyl sites for hydroxylation is 1. The molecule has 0 unspecified atom stereocenters. The van der Waals surface area contributed by atoms with Crippen LogP contribution in [-0.2, 0) is 4.74 Å². The first kappa shape index (κ1) is 28.7. The number of ether oxygens (including phenoxy) is 2. The van der Waals surface area contributed by atoms with Gasteiger partial charge < -0.3 is 25.0 Å². The van der Waals surface area contributed by atoms with E-state index >= 15 is 4.39 Å². The predicted molar refractivity (Wildman–Crippen MR) is 150 cm³/mol. The van der Waals surface area contributed by atoms with Gasteiger partial charge in [0, 0.05) is 36.6 Å². The third-order valence-electron chi connectivity index (χ3n) is 6.10. The van der Waals surface area contributed by atoms with E-state index in [1.54, 1.807) is 6.07 Å². The third kappa shape index (κ3) is 6.23. The molecular weight excluding hydrogens is 574 g/mol. The molecule has 13 nitrogen and oxygen atoms in total. The molecule has 2 aromatic heterocycles. The fourth-order valence-corrected chi connectivity index (χ4v) is 4.88. The number of amides is 1. The van der Waals surface area contributed by atoms with Gasteiger partial charge in [0.15, 0.2) is 22.6 Å². The summed E-state index contributed by atoms with van der Waals surface area (Å²) < 4.78 is 40.8. The maximum Gasteiger partial charge on any atom is 0.305 e. The summed E-state index contributed by atoms with van der Waals surface area (Å²) in [6.07, 6.45) is 0. The zero-order chi connectivity index (χ0) is 29.8. The topological polar surface area (TPSA) is 160 Å². The van der Waals surface area contributed by atoms with E-state index in [9.17, 15) is 19.3 Å². The molecule has 2 aromatic carbocycles. The van der Waals surface area contributed by atoms with Crippen molar-refractivity contribution in [1.82, 2.24) is 20.2 Å². The van der Waals surface area contributed by atoms with Gasteiger partial charge in [0.25, 0.3) is 5.91 Å². The molecule has 0 spiro atoms. The highest BCUT2D eigenvalue weighted by Crippen LogP contribution is 2.39. The maximum atomic E-state index is 15.2. The Balaban J connectivity index is 1.41. The van der Waals surface area contributed by atoms with Gasteiger partial charge in [-0.3, -0.25) is 20.0 Å². The van der Waals surface area contributed by atoms with E-state index in [4.69, 9.17) is 9.47 Å². The number of aromatic nitrogens is 4. The predicted octanol–water partition coefficient (Wildman–Crippen LogP) is 4.69. The Labute approximate surface area is 241 Å². The Morgan fingerprint density at radius 1 is 1.19 bits per heavy atom. The number of halogens is 2. The van der Waals surface area contributed by atoms with Gasteiger partial charge in [-0.05, 0) is 43.0 Å². The average molecular weight is 599 g/mol. The Bertz CT molecular complexity index is 1650. The fourth-order valence-electron chi connectivity index (χ4n) is 4.12. The number of nitro groups is 1. The van der Waals surface area contributed by atoms with Crippen LogP contribution in [0, 0.1) is 28.7 Å². The van der Waals surface area contributed by atoms with Gasteiger partial charge in [-0.25, -0.2) is 14.4 Å². The van der Waals surface area contributed by atoms with Crippen molar-refractivity contribution in [3.63, 3.8) is 0 Å². The number of nitrogens with one attached hydrogen (secondary N) is 3. The normalized spacial score (nSPS) is 13.1. The first-order chi connectivity index (χ1) is 20.2. The average Bonchev–Trinajstić information content (AvgIpc) is 3.38. The van der Waals surface area contributed by atoms with Crippen molar-refractivity contribution < 1.29 is 28.0 Å². The molecule has 218 valence electrons. The molecule has 16 heteroatoms. The Hall–Kier alpha value is -4.83. The van der Waals surface area contributed by atoms with Crippen molar-refractivity contribution in [2.24, 2.45) is 0 Å². The van der Waals surface area contributed by atoms with E-state index in [1.165, 1.54) is 25.3 Å². The molecule has 1 aliphatic heterocycles. The highest BCUT2D eigenvalue weighted by molar-refractivity contribution is 7.99. The number of anilines is 4. The summed E-state index contributed by atoms with van der Waals surface area (Å²) in [5.74, 6) is -1.25. The van der Waals surface area contributed by atoms with Gasteiger partial charge in [0.1, 0.15) is 5.82 Å². The third-order valence-corrected chi connectivity index (χ3v) is 7.02. The zero-order valence-electron chi connectivity index (χ0n) is 22.3. The number of nitrogens with zero attached hydrogens (tertiary/aromatic N) is 5. The van der Waals surface area contributed by atoms with Gasteiger partial charge in [-0.1, -0.05) is 6.07 Å².